The second kappa shape index (κ2) is 11.8. The summed E-state index contributed by atoms with van der Waals surface area (Å²) in [6, 6.07) is 63.7. The van der Waals surface area contributed by atoms with Crippen LogP contribution in [0, 0.1) is 17.9 Å². The molecule has 0 spiro atoms. The van der Waals surface area contributed by atoms with E-state index in [1.807, 2.05) is 24.3 Å². The molecule has 11 rings (SSSR count). The average molecular weight is 700 g/mol. The van der Waals surface area contributed by atoms with Gasteiger partial charge in [0.2, 0.25) is 0 Å². The number of hydrogen-bond donors (Lipinski definition) is 0. The van der Waals surface area contributed by atoms with E-state index in [9.17, 15) is 5.26 Å². The van der Waals surface area contributed by atoms with Crippen molar-refractivity contribution in [3.63, 3.8) is 0 Å². The van der Waals surface area contributed by atoms with E-state index in [2.05, 4.69) is 176 Å². The van der Waals surface area contributed by atoms with Crippen LogP contribution in [0.3, 0.4) is 0 Å². The molecule has 0 radical (unpaired) electrons. The first-order valence-corrected chi connectivity index (χ1v) is 18.3. The Morgan fingerprint density at radius 1 is 0.418 bits per heavy atom. The summed E-state index contributed by atoms with van der Waals surface area (Å²) >= 11 is 0. The fourth-order valence-corrected chi connectivity index (χ4v) is 8.73. The van der Waals surface area contributed by atoms with Crippen molar-refractivity contribution in [2.24, 2.45) is 0 Å². The van der Waals surface area contributed by atoms with Gasteiger partial charge in [0.1, 0.15) is 0 Å². The predicted molar refractivity (Wildman–Crippen MR) is 226 cm³/mol. The molecule has 0 amide bonds. The fraction of sp³-hybridized carbons (Fsp3) is 0. The third kappa shape index (κ3) is 4.51. The standard InChI is InChI=1S/C50H29N5/c1-52-35-28-34(29-37(30-35)54-43-15-6-2-11-38(43)39-12-3-7-16-44(39)54)33-22-24-36(25-23-33)53-46-18-9-5-14-41(46)50-48(53)19-10-20-49(50)55-45-17-8-4-13-40(45)42-27-32(31-51)21-26-47(42)55/h2-30H. The summed E-state index contributed by atoms with van der Waals surface area (Å²) in [5.41, 5.74) is 13.0. The highest BCUT2D eigenvalue weighted by Crippen LogP contribution is 2.41. The maximum Gasteiger partial charge on any atom is 0.189 e. The molecule has 0 fully saturated rings. The van der Waals surface area contributed by atoms with Crippen molar-refractivity contribution < 1.29 is 0 Å². The van der Waals surface area contributed by atoms with Crippen molar-refractivity contribution in [1.82, 2.24) is 13.7 Å². The van der Waals surface area contributed by atoms with Crippen LogP contribution in [0.4, 0.5) is 5.69 Å². The molecule has 0 unspecified atom stereocenters. The Labute approximate surface area is 316 Å². The maximum atomic E-state index is 9.72. The summed E-state index contributed by atoms with van der Waals surface area (Å²) in [6.45, 7) is 8.01. The molecular weight excluding hydrogens is 671 g/mol. The van der Waals surface area contributed by atoms with E-state index in [0.29, 0.717) is 11.3 Å². The van der Waals surface area contributed by atoms with Crippen LogP contribution in [0.15, 0.2) is 176 Å². The van der Waals surface area contributed by atoms with Gasteiger partial charge in [-0.3, -0.25) is 0 Å². The quantitative estimate of drug-likeness (QED) is 0.169. The van der Waals surface area contributed by atoms with Gasteiger partial charge in [0.25, 0.3) is 0 Å². The number of benzene rings is 8. The van der Waals surface area contributed by atoms with Crippen LogP contribution in [0.5, 0.6) is 0 Å². The molecule has 11 aromatic rings. The zero-order valence-corrected chi connectivity index (χ0v) is 29.5. The normalized spacial score (nSPS) is 11.6. The molecular formula is C50H29N5. The van der Waals surface area contributed by atoms with Gasteiger partial charge in [-0.2, -0.15) is 5.26 Å². The highest BCUT2D eigenvalue weighted by Gasteiger charge is 2.20. The van der Waals surface area contributed by atoms with Gasteiger partial charge in [-0.15, -0.1) is 0 Å². The summed E-state index contributed by atoms with van der Waals surface area (Å²) in [7, 11) is 0. The number of hydrogen-bond acceptors (Lipinski definition) is 1. The molecule has 0 aliphatic heterocycles. The van der Waals surface area contributed by atoms with E-state index in [-0.39, 0.29) is 0 Å². The molecule has 5 nitrogen and oxygen atoms in total. The molecule has 0 atom stereocenters. The Balaban J connectivity index is 1.08. The SMILES string of the molecule is [C-]#[N+]c1cc(-c2ccc(-n3c4ccccc4c4c(-n5c6ccccc6c6cc(C#N)ccc65)cccc43)cc2)cc(-n2c3ccccc3c3ccccc32)c1. The Bertz CT molecular complexity index is 3400. The minimum Gasteiger partial charge on any atom is -0.310 e. The Morgan fingerprint density at radius 3 is 1.62 bits per heavy atom. The molecule has 0 bridgehead atoms. The first-order valence-electron chi connectivity index (χ1n) is 18.3. The second-order valence-electron chi connectivity index (χ2n) is 14.0. The largest absolute Gasteiger partial charge is 0.310 e. The molecule has 55 heavy (non-hydrogen) atoms. The summed E-state index contributed by atoms with van der Waals surface area (Å²) in [4.78, 5) is 3.91. The third-order valence-corrected chi connectivity index (χ3v) is 11.0. The smallest absolute Gasteiger partial charge is 0.189 e. The monoisotopic (exact) mass is 699 g/mol. The number of rotatable bonds is 4. The van der Waals surface area contributed by atoms with Crippen molar-refractivity contribution in [2.45, 2.75) is 0 Å². The molecule has 3 aromatic heterocycles. The number of fused-ring (bicyclic) bond motifs is 9. The third-order valence-electron chi connectivity index (χ3n) is 11.0. The number of para-hydroxylation sites is 4. The number of aromatic nitrogens is 3. The van der Waals surface area contributed by atoms with Gasteiger partial charge in [-0.25, -0.2) is 4.85 Å². The summed E-state index contributed by atoms with van der Waals surface area (Å²) in [6.07, 6.45) is 0. The van der Waals surface area contributed by atoms with Crippen molar-refractivity contribution in [1.29, 1.82) is 5.26 Å². The van der Waals surface area contributed by atoms with E-state index < -0.39 is 0 Å². The summed E-state index contributed by atoms with van der Waals surface area (Å²) in [5, 5.41) is 16.6. The zero-order chi connectivity index (χ0) is 36.6. The molecule has 3 heterocycles. The highest BCUT2D eigenvalue weighted by molar-refractivity contribution is 6.16. The van der Waals surface area contributed by atoms with Crippen LogP contribution >= 0.6 is 0 Å². The van der Waals surface area contributed by atoms with Gasteiger partial charge < -0.3 is 13.7 Å². The van der Waals surface area contributed by atoms with Crippen molar-refractivity contribution in [3.8, 4) is 34.3 Å². The predicted octanol–water partition coefficient (Wildman–Crippen LogP) is 13.1. The molecule has 254 valence electrons. The van der Waals surface area contributed by atoms with Gasteiger partial charge >= 0.3 is 0 Å². The van der Waals surface area contributed by atoms with Crippen LogP contribution in [-0.4, -0.2) is 13.7 Å². The molecule has 0 saturated carbocycles. The molecule has 0 saturated heterocycles. The Kier molecular flexibility index (Phi) is 6.61. The highest BCUT2D eigenvalue weighted by atomic mass is 15.0. The van der Waals surface area contributed by atoms with Gasteiger partial charge in [-0.05, 0) is 96.1 Å². The van der Waals surface area contributed by atoms with Crippen LogP contribution in [0.2, 0.25) is 0 Å². The fourth-order valence-electron chi connectivity index (χ4n) is 8.73. The van der Waals surface area contributed by atoms with Crippen molar-refractivity contribution >= 4 is 71.1 Å². The number of nitriles is 1. The molecule has 8 aromatic carbocycles. The number of nitrogens with zero attached hydrogens (tertiary/aromatic N) is 5. The lowest BCUT2D eigenvalue weighted by molar-refractivity contribution is 1.17. The van der Waals surface area contributed by atoms with Gasteiger partial charge in [0, 0.05) is 43.7 Å². The lowest BCUT2D eigenvalue weighted by atomic mass is 10.0. The summed E-state index contributed by atoms with van der Waals surface area (Å²) < 4.78 is 6.96. The molecule has 0 aliphatic rings. The molecule has 0 N–H and O–H groups in total. The second-order valence-corrected chi connectivity index (χ2v) is 14.0. The van der Waals surface area contributed by atoms with Crippen LogP contribution in [0.1, 0.15) is 5.56 Å². The van der Waals surface area contributed by atoms with E-state index in [4.69, 9.17) is 6.57 Å². The maximum absolute atomic E-state index is 9.72. The van der Waals surface area contributed by atoms with Crippen molar-refractivity contribution in [3.05, 3.63) is 193 Å². The average Bonchev–Trinajstić information content (AvgIpc) is 3.89. The van der Waals surface area contributed by atoms with E-state index in [0.717, 1.165) is 82.8 Å². The van der Waals surface area contributed by atoms with Crippen LogP contribution in [0.25, 0.3) is 98.5 Å². The topological polar surface area (TPSA) is 42.9 Å². The Morgan fingerprint density at radius 2 is 0.964 bits per heavy atom. The first kappa shape index (κ1) is 30.7. The summed E-state index contributed by atoms with van der Waals surface area (Å²) in [5.74, 6) is 0. The van der Waals surface area contributed by atoms with Crippen molar-refractivity contribution in [2.75, 3.05) is 0 Å². The lowest BCUT2D eigenvalue weighted by Gasteiger charge is -2.13. The Hall–Kier alpha value is -7.86. The molecule has 0 aliphatic carbocycles. The van der Waals surface area contributed by atoms with E-state index >= 15 is 0 Å². The molecule has 5 heteroatoms. The minimum absolute atomic E-state index is 0.599. The van der Waals surface area contributed by atoms with Crippen LogP contribution in [-0.2, 0) is 0 Å². The van der Waals surface area contributed by atoms with Gasteiger partial charge in [0.15, 0.2) is 5.69 Å². The van der Waals surface area contributed by atoms with Gasteiger partial charge in [-0.1, -0.05) is 91.0 Å². The lowest BCUT2D eigenvalue weighted by Crippen LogP contribution is -1.97. The minimum atomic E-state index is 0.599. The van der Waals surface area contributed by atoms with Gasteiger partial charge in [0.05, 0.1) is 57.0 Å². The van der Waals surface area contributed by atoms with E-state index in [1.165, 1.54) is 10.8 Å². The van der Waals surface area contributed by atoms with E-state index in [1.54, 1.807) is 0 Å². The first-order chi connectivity index (χ1) is 27.2. The zero-order valence-electron chi connectivity index (χ0n) is 29.5. The van der Waals surface area contributed by atoms with Crippen LogP contribution < -0.4 is 0 Å².